The Morgan fingerprint density at radius 3 is 2.32 bits per heavy atom. The molecule has 1 atom stereocenters. The first-order valence-corrected chi connectivity index (χ1v) is 9.21. The van der Waals surface area contributed by atoms with Gasteiger partial charge < -0.3 is 0 Å². The van der Waals surface area contributed by atoms with Crippen LogP contribution in [0.25, 0.3) is 5.57 Å². The van der Waals surface area contributed by atoms with Crippen LogP contribution in [-0.2, 0) is 10.0 Å². The SMILES string of the molecule is O=S1(=O)c2ccccc2C(c2ccccc2)=C2C(CC(F)(F)F)CN21. The Hall–Kier alpha value is -2.28. The van der Waals surface area contributed by atoms with Crippen LogP contribution in [0.3, 0.4) is 0 Å². The van der Waals surface area contributed by atoms with Gasteiger partial charge in [0.1, 0.15) is 0 Å². The number of benzene rings is 2. The van der Waals surface area contributed by atoms with E-state index in [1.54, 1.807) is 42.5 Å². The maximum Gasteiger partial charge on any atom is 0.389 e. The van der Waals surface area contributed by atoms with Gasteiger partial charge in [-0.25, -0.2) is 8.42 Å². The Bertz CT molecular complexity index is 965. The molecule has 7 heteroatoms. The fourth-order valence-electron chi connectivity index (χ4n) is 3.54. The van der Waals surface area contributed by atoms with Crippen molar-refractivity contribution in [1.82, 2.24) is 4.31 Å². The molecule has 2 aliphatic rings. The van der Waals surface area contributed by atoms with Crippen LogP contribution in [0.15, 0.2) is 65.2 Å². The minimum atomic E-state index is -4.34. The summed E-state index contributed by atoms with van der Waals surface area (Å²) in [5.74, 6) is -0.849. The van der Waals surface area contributed by atoms with Crippen LogP contribution in [0, 0.1) is 5.92 Å². The third-order valence-corrected chi connectivity index (χ3v) is 6.40. The molecule has 2 heterocycles. The molecule has 0 aliphatic carbocycles. The molecular formula is C18H14F3NO2S. The van der Waals surface area contributed by atoms with E-state index in [9.17, 15) is 21.6 Å². The lowest BCUT2D eigenvalue weighted by Gasteiger charge is -2.47. The molecule has 0 bridgehead atoms. The van der Waals surface area contributed by atoms with Gasteiger partial charge in [0.25, 0.3) is 10.0 Å². The number of fused-ring (bicyclic) bond motifs is 2. The third-order valence-electron chi connectivity index (χ3n) is 4.56. The van der Waals surface area contributed by atoms with E-state index in [1.807, 2.05) is 6.07 Å². The molecule has 4 rings (SSSR count). The van der Waals surface area contributed by atoms with Crippen molar-refractivity contribution in [2.24, 2.45) is 5.92 Å². The molecule has 1 saturated heterocycles. The van der Waals surface area contributed by atoms with Gasteiger partial charge in [-0.15, -0.1) is 0 Å². The van der Waals surface area contributed by atoms with Gasteiger partial charge in [0.05, 0.1) is 11.3 Å². The Morgan fingerprint density at radius 2 is 1.64 bits per heavy atom. The zero-order valence-corrected chi connectivity index (χ0v) is 13.8. The first-order chi connectivity index (χ1) is 11.8. The van der Waals surface area contributed by atoms with Crippen LogP contribution in [0.2, 0.25) is 0 Å². The molecule has 0 radical (unpaired) electrons. The average molecular weight is 365 g/mol. The van der Waals surface area contributed by atoms with Crippen molar-refractivity contribution >= 4 is 15.6 Å². The van der Waals surface area contributed by atoms with E-state index < -0.39 is 28.5 Å². The zero-order valence-electron chi connectivity index (χ0n) is 13.0. The predicted molar refractivity (Wildman–Crippen MR) is 87.0 cm³/mol. The number of halogens is 3. The summed E-state index contributed by atoms with van der Waals surface area (Å²) in [6, 6.07) is 15.4. The highest BCUT2D eigenvalue weighted by Crippen LogP contribution is 2.50. The lowest BCUT2D eigenvalue weighted by molar-refractivity contribution is -0.147. The standard InChI is InChI=1S/C18H14F3NO2S/c19-18(20,21)10-13-11-22-17(13)16(12-6-2-1-3-7-12)14-8-4-5-9-15(14)25(22,23)24/h1-9,13H,10-11H2. The summed E-state index contributed by atoms with van der Waals surface area (Å²) in [6.07, 6.45) is -5.36. The van der Waals surface area contributed by atoms with E-state index >= 15 is 0 Å². The number of hydrogen-bond acceptors (Lipinski definition) is 2. The van der Waals surface area contributed by atoms with E-state index in [0.29, 0.717) is 11.1 Å². The number of nitrogens with zero attached hydrogens (tertiary/aromatic N) is 1. The molecule has 0 N–H and O–H groups in total. The van der Waals surface area contributed by atoms with Gasteiger partial charge >= 0.3 is 6.18 Å². The monoisotopic (exact) mass is 365 g/mol. The van der Waals surface area contributed by atoms with Crippen molar-refractivity contribution in [2.45, 2.75) is 17.5 Å². The van der Waals surface area contributed by atoms with Gasteiger partial charge in [-0.05, 0) is 11.6 Å². The summed E-state index contributed by atoms with van der Waals surface area (Å²) in [5, 5.41) is 0. The van der Waals surface area contributed by atoms with E-state index in [1.165, 1.54) is 6.07 Å². The highest BCUT2D eigenvalue weighted by molar-refractivity contribution is 7.89. The number of sulfonamides is 1. The quantitative estimate of drug-likeness (QED) is 0.806. The van der Waals surface area contributed by atoms with Crippen molar-refractivity contribution in [2.75, 3.05) is 6.54 Å². The molecule has 1 fully saturated rings. The lowest BCUT2D eigenvalue weighted by atomic mass is 9.84. The van der Waals surface area contributed by atoms with Crippen molar-refractivity contribution < 1.29 is 21.6 Å². The van der Waals surface area contributed by atoms with Crippen LogP contribution in [0.1, 0.15) is 17.5 Å². The normalized spacial score (nSPS) is 21.4. The summed E-state index contributed by atoms with van der Waals surface area (Å²) in [5.41, 5.74) is 2.01. The summed E-state index contributed by atoms with van der Waals surface area (Å²) in [7, 11) is -3.80. The van der Waals surface area contributed by atoms with Crippen LogP contribution >= 0.6 is 0 Å². The van der Waals surface area contributed by atoms with Crippen molar-refractivity contribution in [3.05, 3.63) is 71.4 Å². The lowest BCUT2D eigenvalue weighted by Crippen LogP contribution is -2.51. The molecule has 1 unspecified atom stereocenters. The Balaban J connectivity index is 1.97. The average Bonchev–Trinajstić information content (AvgIpc) is 2.55. The largest absolute Gasteiger partial charge is 0.389 e. The van der Waals surface area contributed by atoms with E-state index in [2.05, 4.69) is 0 Å². The molecule has 25 heavy (non-hydrogen) atoms. The molecule has 0 aromatic heterocycles. The number of hydrogen-bond donors (Lipinski definition) is 0. The molecule has 0 spiro atoms. The first-order valence-electron chi connectivity index (χ1n) is 7.77. The molecule has 0 saturated carbocycles. The van der Waals surface area contributed by atoms with Crippen LogP contribution in [0.5, 0.6) is 0 Å². The zero-order chi connectivity index (χ0) is 17.8. The van der Waals surface area contributed by atoms with E-state index in [-0.39, 0.29) is 17.1 Å². The molecule has 2 aromatic carbocycles. The highest BCUT2D eigenvalue weighted by Gasteiger charge is 2.50. The minimum absolute atomic E-state index is 0.137. The molecule has 2 aliphatic heterocycles. The summed E-state index contributed by atoms with van der Waals surface area (Å²) in [4.78, 5) is 0.142. The van der Waals surface area contributed by atoms with E-state index in [0.717, 1.165) is 9.87 Å². The Kier molecular flexibility index (Phi) is 3.47. The molecule has 3 nitrogen and oxygen atoms in total. The maximum absolute atomic E-state index is 12.9. The van der Waals surface area contributed by atoms with Gasteiger partial charge in [-0.2, -0.15) is 13.2 Å². The first kappa shape index (κ1) is 16.2. The Labute approximate surface area is 143 Å². The molecule has 0 amide bonds. The van der Waals surface area contributed by atoms with Crippen molar-refractivity contribution in [3.8, 4) is 0 Å². The van der Waals surface area contributed by atoms with Gasteiger partial charge in [-0.1, -0.05) is 48.5 Å². The predicted octanol–water partition coefficient (Wildman–Crippen LogP) is 4.03. The van der Waals surface area contributed by atoms with Gasteiger partial charge in [-0.3, -0.25) is 4.31 Å². The summed E-state index contributed by atoms with van der Waals surface area (Å²) >= 11 is 0. The van der Waals surface area contributed by atoms with Crippen molar-refractivity contribution in [3.63, 3.8) is 0 Å². The Morgan fingerprint density at radius 1 is 1.00 bits per heavy atom. The fourth-order valence-corrected chi connectivity index (χ4v) is 5.35. The number of alkyl halides is 3. The highest BCUT2D eigenvalue weighted by atomic mass is 32.2. The second-order valence-electron chi connectivity index (χ2n) is 6.17. The second-order valence-corrected chi connectivity index (χ2v) is 8.01. The van der Waals surface area contributed by atoms with Crippen LogP contribution in [-0.4, -0.2) is 25.4 Å². The van der Waals surface area contributed by atoms with Gasteiger partial charge in [0.2, 0.25) is 0 Å². The third kappa shape index (κ3) is 2.54. The van der Waals surface area contributed by atoms with Gasteiger partial charge in [0, 0.05) is 29.3 Å². The number of rotatable bonds is 2. The van der Waals surface area contributed by atoms with Gasteiger partial charge in [0.15, 0.2) is 0 Å². The van der Waals surface area contributed by atoms with Crippen LogP contribution < -0.4 is 0 Å². The summed E-state index contributed by atoms with van der Waals surface area (Å²) < 4.78 is 65.4. The molecule has 2 aromatic rings. The summed E-state index contributed by atoms with van der Waals surface area (Å²) in [6.45, 7) is -0.137. The maximum atomic E-state index is 12.9. The van der Waals surface area contributed by atoms with E-state index in [4.69, 9.17) is 0 Å². The van der Waals surface area contributed by atoms with Crippen LogP contribution in [0.4, 0.5) is 13.2 Å². The molecular weight excluding hydrogens is 351 g/mol. The smallest absolute Gasteiger partial charge is 0.268 e. The van der Waals surface area contributed by atoms with Crippen molar-refractivity contribution in [1.29, 1.82) is 0 Å². The molecule has 130 valence electrons. The fraction of sp³-hybridized carbons (Fsp3) is 0.222. The minimum Gasteiger partial charge on any atom is -0.268 e. The topological polar surface area (TPSA) is 37.4 Å². The second kappa shape index (κ2) is 5.36.